The molecule has 126 valence electrons. The molecule has 0 atom stereocenters. The summed E-state index contributed by atoms with van der Waals surface area (Å²) in [5.74, 6) is 0.117. The van der Waals surface area contributed by atoms with Crippen LogP contribution in [0.15, 0.2) is 29.5 Å². The van der Waals surface area contributed by atoms with Gasteiger partial charge in [0.25, 0.3) is 11.5 Å². The highest BCUT2D eigenvalue weighted by Gasteiger charge is 2.44. The highest BCUT2D eigenvalue weighted by molar-refractivity contribution is 6.34. The molecule has 0 aromatic carbocycles. The molecule has 3 N–H and O–H groups in total. The highest BCUT2D eigenvalue weighted by Crippen LogP contribution is 2.33. The van der Waals surface area contributed by atoms with Crippen LogP contribution < -0.4 is 21.6 Å². The number of amides is 1. The summed E-state index contributed by atoms with van der Waals surface area (Å²) in [5, 5.41) is 5.97. The molecule has 10 heteroatoms. The molecular weight excluding hydrogens is 355 g/mol. The second kappa shape index (κ2) is 5.95. The molecule has 1 amide bonds. The monoisotopic (exact) mass is 368 g/mol. The van der Waals surface area contributed by atoms with Gasteiger partial charge in [0.2, 0.25) is 0 Å². The molecule has 0 radical (unpaired) electrons. The Morgan fingerprint density at radius 3 is 2.75 bits per heavy atom. The van der Waals surface area contributed by atoms with E-state index in [-0.39, 0.29) is 40.3 Å². The van der Waals surface area contributed by atoms with E-state index in [1.165, 1.54) is 17.1 Å². The average Bonchev–Trinajstić information content (AvgIpc) is 2.51. The van der Waals surface area contributed by atoms with Crippen molar-refractivity contribution in [1.29, 1.82) is 0 Å². The first-order valence-electron chi connectivity index (χ1n) is 7.17. The van der Waals surface area contributed by atoms with Crippen molar-refractivity contribution < 1.29 is 4.79 Å². The molecule has 1 fully saturated rings. The van der Waals surface area contributed by atoms with Crippen molar-refractivity contribution in [2.24, 2.45) is 0 Å². The van der Waals surface area contributed by atoms with Crippen LogP contribution in [-0.2, 0) is 0 Å². The molecule has 1 aliphatic heterocycles. The van der Waals surface area contributed by atoms with Crippen LogP contribution in [0.4, 0.5) is 11.5 Å². The van der Waals surface area contributed by atoms with E-state index in [2.05, 4.69) is 26.0 Å². The predicted molar refractivity (Wildman–Crippen MR) is 91.7 cm³/mol. The van der Waals surface area contributed by atoms with E-state index in [1.54, 1.807) is 12.3 Å². The first-order valence-corrected chi connectivity index (χ1v) is 7.55. The van der Waals surface area contributed by atoms with Crippen LogP contribution in [-0.4, -0.2) is 26.2 Å². The molecule has 0 saturated heterocycles. The van der Waals surface area contributed by atoms with Crippen LogP contribution in [0.3, 0.4) is 0 Å². The van der Waals surface area contributed by atoms with Crippen LogP contribution in [0, 0.1) is 0 Å². The molecule has 3 heterocycles. The minimum atomic E-state index is -0.551. The Kier molecular flexibility index (Phi) is 4.10. The van der Waals surface area contributed by atoms with Crippen LogP contribution >= 0.6 is 24.0 Å². The van der Waals surface area contributed by atoms with Crippen molar-refractivity contribution in [3.63, 3.8) is 0 Å². The molecule has 2 aromatic heterocycles. The molecule has 1 aliphatic carbocycles. The van der Waals surface area contributed by atoms with Crippen LogP contribution in [0.5, 0.6) is 0 Å². The summed E-state index contributed by atoms with van der Waals surface area (Å²) in [6, 6.07) is 3.06. The van der Waals surface area contributed by atoms with Gasteiger partial charge in [-0.3, -0.25) is 15.0 Å². The SMILES string of the molecule is Cl.O=C1NC2(CCC2)Nn2c1c(Cl)cc(Nc1ccncn1)c2=O. The molecule has 2 aromatic rings. The highest BCUT2D eigenvalue weighted by atomic mass is 35.5. The second-order valence-corrected chi connectivity index (χ2v) is 6.02. The Bertz CT molecular complexity index is 850. The maximum Gasteiger partial charge on any atom is 0.293 e. The first-order chi connectivity index (χ1) is 11.1. The number of carbonyl (C=O) groups excluding carboxylic acids is 1. The summed E-state index contributed by atoms with van der Waals surface area (Å²) in [7, 11) is 0. The zero-order valence-electron chi connectivity index (χ0n) is 12.4. The van der Waals surface area contributed by atoms with Gasteiger partial charge in [-0.1, -0.05) is 11.6 Å². The molecule has 0 unspecified atom stereocenters. The molecule has 4 rings (SSSR count). The second-order valence-electron chi connectivity index (χ2n) is 5.62. The fourth-order valence-corrected chi connectivity index (χ4v) is 3.06. The van der Waals surface area contributed by atoms with Gasteiger partial charge in [0.05, 0.1) is 5.02 Å². The lowest BCUT2D eigenvalue weighted by molar-refractivity contribution is 0.0790. The number of rotatable bonds is 2. The van der Waals surface area contributed by atoms with Crippen molar-refractivity contribution in [3.8, 4) is 0 Å². The van der Waals surface area contributed by atoms with E-state index in [0.29, 0.717) is 5.82 Å². The van der Waals surface area contributed by atoms with Gasteiger partial charge < -0.3 is 10.6 Å². The number of nitrogens with zero attached hydrogens (tertiary/aromatic N) is 3. The van der Waals surface area contributed by atoms with Gasteiger partial charge in [-0.2, -0.15) is 0 Å². The van der Waals surface area contributed by atoms with Crippen molar-refractivity contribution in [2.75, 3.05) is 10.7 Å². The quantitative estimate of drug-likeness (QED) is 0.744. The number of aromatic nitrogens is 3. The number of pyridine rings is 1. The van der Waals surface area contributed by atoms with E-state index < -0.39 is 5.66 Å². The third-order valence-electron chi connectivity index (χ3n) is 4.10. The van der Waals surface area contributed by atoms with Gasteiger partial charge in [-0.25, -0.2) is 14.6 Å². The maximum atomic E-state index is 12.7. The first kappa shape index (κ1) is 16.5. The molecule has 24 heavy (non-hydrogen) atoms. The number of halogens is 2. The lowest BCUT2D eigenvalue weighted by Gasteiger charge is -2.47. The van der Waals surface area contributed by atoms with E-state index in [0.717, 1.165) is 19.3 Å². The Balaban J connectivity index is 0.00000169. The van der Waals surface area contributed by atoms with E-state index in [4.69, 9.17) is 11.6 Å². The number of hydrogen-bond acceptors (Lipinski definition) is 6. The number of hydrogen-bond donors (Lipinski definition) is 3. The molecule has 8 nitrogen and oxygen atoms in total. The number of fused-ring (bicyclic) bond motifs is 1. The normalized spacial score (nSPS) is 17.0. The minimum absolute atomic E-state index is 0. The zero-order valence-corrected chi connectivity index (χ0v) is 13.9. The molecule has 1 spiro atoms. The van der Waals surface area contributed by atoms with Crippen molar-refractivity contribution in [2.45, 2.75) is 24.9 Å². The third kappa shape index (κ3) is 2.57. The Morgan fingerprint density at radius 1 is 1.33 bits per heavy atom. The Labute approximate surface area is 148 Å². The summed E-state index contributed by atoms with van der Waals surface area (Å²) in [5.41, 5.74) is 2.50. The number of nitrogens with one attached hydrogen (secondary N) is 3. The largest absolute Gasteiger partial charge is 0.336 e. The summed E-state index contributed by atoms with van der Waals surface area (Å²) in [6.45, 7) is 0. The van der Waals surface area contributed by atoms with E-state index >= 15 is 0 Å². The zero-order chi connectivity index (χ0) is 16.0. The molecule has 1 saturated carbocycles. The summed E-state index contributed by atoms with van der Waals surface area (Å²) >= 11 is 6.20. The van der Waals surface area contributed by atoms with Crippen molar-refractivity contribution in [1.82, 2.24) is 20.0 Å². The standard InChI is InChI=1S/C14H13ClN6O2.ClH/c15-8-6-9(18-10-2-5-16-7-17-10)13(23)21-11(8)12(22)19-14(20-21)3-1-4-14;/h2,5-7,20H,1,3-4H2,(H,19,22)(H,16,17,18);1H. The molecular formula is C14H14Cl2N6O2. The maximum absolute atomic E-state index is 12.7. The third-order valence-corrected chi connectivity index (χ3v) is 4.39. The van der Waals surface area contributed by atoms with Crippen LogP contribution in [0.2, 0.25) is 5.02 Å². The fraction of sp³-hybridized carbons (Fsp3) is 0.286. The summed E-state index contributed by atoms with van der Waals surface area (Å²) in [6.07, 6.45) is 5.46. The van der Waals surface area contributed by atoms with Crippen molar-refractivity contribution >= 4 is 41.4 Å². The lowest BCUT2D eigenvalue weighted by atomic mass is 9.84. The summed E-state index contributed by atoms with van der Waals surface area (Å²) < 4.78 is 1.23. The van der Waals surface area contributed by atoms with Crippen molar-refractivity contribution in [3.05, 3.63) is 45.7 Å². The molecule has 0 bridgehead atoms. The molecule has 2 aliphatic rings. The van der Waals surface area contributed by atoms with Crippen LogP contribution in [0.1, 0.15) is 29.8 Å². The Hall–Kier alpha value is -2.32. The van der Waals surface area contributed by atoms with Gasteiger partial charge in [-0.05, 0) is 31.4 Å². The topological polar surface area (TPSA) is 101 Å². The van der Waals surface area contributed by atoms with Gasteiger partial charge >= 0.3 is 0 Å². The average molecular weight is 369 g/mol. The summed E-state index contributed by atoms with van der Waals surface area (Å²) in [4.78, 5) is 32.8. The minimum Gasteiger partial charge on any atom is -0.336 e. The van der Waals surface area contributed by atoms with Gasteiger partial charge in [-0.15, -0.1) is 12.4 Å². The van der Waals surface area contributed by atoms with Gasteiger partial charge in [0, 0.05) is 6.20 Å². The number of anilines is 2. The lowest BCUT2D eigenvalue weighted by Crippen LogP contribution is -2.67. The predicted octanol–water partition coefficient (Wildman–Crippen LogP) is 1.62. The number of carbonyl (C=O) groups is 1. The van der Waals surface area contributed by atoms with Gasteiger partial charge in [0.1, 0.15) is 29.2 Å². The Morgan fingerprint density at radius 2 is 2.12 bits per heavy atom. The fourth-order valence-electron chi connectivity index (χ4n) is 2.78. The van der Waals surface area contributed by atoms with E-state index in [1.807, 2.05) is 0 Å². The van der Waals surface area contributed by atoms with Crippen LogP contribution in [0.25, 0.3) is 0 Å². The smallest absolute Gasteiger partial charge is 0.293 e. The van der Waals surface area contributed by atoms with E-state index in [9.17, 15) is 9.59 Å². The van der Waals surface area contributed by atoms with Gasteiger partial charge in [0.15, 0.2) is 0 Å².